The monoisotopic (exact) mass is 289 g/mol. The van der Waals surface area contributed by atoms with Crippen LogP contribution in [0.3, 0.4) is 0 Å². The third-order valence-corrected chi connectivity index (χ3v) is 3.64. The van der Waals surface area contributed by atoms with Crippen LogP contribution in [0.4, 0.5) is 5.69 Å². The highest BCUT2D eigenvalue weighted by Crippen LogP contribution is 2.26. The van der Waals surface area contributed by atoms with E-state index >= 15 is 0 Å². The molecule has 3 nitrogen and oxygen atoms in total. The molecule has 1 aromatic heterocycles. The average Bonchev–Trinajstić information content (AvgIpc) is 2.46. The number of rotatable bonds is 6. The maximum atomic E-state index is 6.35. The summed E-state index contributed by atoms with van der Waals surface area (Å²) in [6, 6.07) is 10.3. The van der Waals surface area contributed by atoms with Crippen LogP contribution in [0, 0.1) is 0 Å². The molecule has 0 spiro atoms. The predicted molar refractivity (Wildman–Crippen MR) is 85.4 cm³/mol. The van der Waals surface area contributed by atoms with Crippen molar-refractivity contribution >= 4 is 17.3 Å². The minimum Gasteiger partial charge on any atom is -0.373 e. The molecule has 4 heteroatoms. The Morgan fingerprint density at radius 2 is 1.85 bits per heavy atom. The highest BCUT2D eigenvalue weighted by atomic mass is 35.5. The van der Waals surface area contributed by atoms with Crippen LogP contribution in [-0.4, -0.2) is 25.1 Å². The smallest absolute Gasteiger partial charge is 0.0642 e. The lowest BCUT2D eigenvalue weighted by Crippen LogP contribution is -2.20. The summed E-state index contributed by atoms with van der Waals surface area (Å²) in [5.41, 5.74) is 9.08. The second kappa shape index (κ2) is 7.27. The van der Waals surface area contributed by atoms with Gasteiger partial charge < -0.3 is 10.6 Å². The molecule has 0 aliphatic heterocycles. The summed E-state index contributed by atoms with van der Waals surface area (Å²) in [5.74, 6) is 0. The minimum absolute atomic E-state index is 0.646. The number of nitrogens with two attached hydrogens (primary N) is 1. The molecular weight excluding hydrogens is 270 g/mol. The van der Waals surface area contributed by atoms with Crippen LogP contribution in [0.2, 0.25) is 5.02 Å². The number of aromatic nitrogens is 1. The normalized spacial score (nSPS) is 10.6. The first-order valence-corrected chi connectivity index (χ1v) is 7.17. The number of likely N-dealkylation sites (N-methyl/N-ethyl adjacent to an activating group) is 1. The molecule has 1 heterocycles. The van der Waals surface area contributed by atoms with Crippen LogP contribution in [0.5, 0.6) is 0 Å². The molecule has 20 heavy (non-hydrogen) atoms. The first kappa shape index (κ1) is 14.8. The summed E-state index contributed by atoms with van der Waals surface area (Å²) in [4.78, 5) is 6.20. The van der Waals surface area contributed by atoms with Crippen LogP contribution in [0.15, 0.2) is 42.7 Å². The molecule has 0 fully saturated rings. The van der Waals surface area contributed by atoms with Crippen molar-refractivity contribution in [1.82, 2.24) is 4.98 Å². The molecule has 0 saturated carbocycles. The molecule has 2 aromatic rings. The van der Waals surface area contributed by atoms with Gasteiger partial charge in [-0.05, 0) is 54.8 Å². The number of pyridine rings is 1. The van der Waals surface area contributed by atoms with E-state index in [1.54, 1.807) is 0 Å². The third-order valence-electron chi connectivity index (χ3n) is 3.34. The number of halogens is 1. The number of nitrogens with zero attached hydrogens (tertiary/aromatic N) is 2. The Morgan fingerprint density at radius 1 is 1.10 bits per heavy atom. The molecule has 0 amide bonds. The van der Waals surface area contributed by atoms with Gasteiger partial charge in [0.25, 0.3) is 0 Å². The quantitative estimate of drug-likeness (QED) is 0.889. The van der Waals surface area contributed by atoms with Crippen LogP contribution in [0.25, 0.3) is 0 Å². The Morgan fingerprint density at radius 3 is 2.50 bits per heavy atom. The fourth-order valence-corrected chi connectivity index (χ4v) is 2.50. The predicted octanol–water partition coefficient (Wildman–Crippen LogP) is 2.92. The van der Waals surface area contributed by atoms with Gasteiger partial charge in [-0.3, -0.25) is 4.98 Å². The van der Waals surface area contributed by atoms with Crippen LogP contribution < -0.4 is 10.6 Å². The molecule has 1 aromatic carbocycles. The molecule has 2 rings (SSSR count). The highest BCUT2D eigenvalue weighted by Gasteiger charge is 2.07. The van der Waals surface area contributed by atoms with Crippen molar-refractivity contribution in [2.45, 2.75) is 12.8 Å². The van der Waals surface area contributed by atoms with Gasteiger partial charge in [0.15, 0.2) is 0 Å². The maximum absolute atomic E-state index is 6.35. The van der Waals surface area contributed by atoms with Crippen molar-refractivity contribution < 1.29 is 0 Å². The van der Waals surface area contributed by atoms with Crippen molar-refractivity contribution in [1.29, 1.82) is 0 Å². The molecule has 0 radical (unpaired) electrons. The van der Waals surface area contributed by atoms with Gasteiger partial charge in [0.1, 0.15) is 0 Å². The Hall–Kier alpha value is -1.58. The van der Waals surface area contributed by atoms with Gasteiger partial charge in [0.05, 0.1) is 10.7 Å². The molecule has 0 atom stereocenters. The number of hydrogen-bond acceptors (Lipinski definition) is 3. The maximum Gasteiger partial charge on any atom is 0.0642 e. The molecule has 2 N–H and O–H groups in total. The molecule has 106 valence electrons. The lowest BCUT2D eigenvalue weighted by atomic mass is 10.1. The fourth-order valence-electron chi connectivity index (χ4n) is 2.15. The van der Waals surface area contributed by atoms with Crippen molar-refractivity contribution in [2.24, 2.45) is 5.73 Å². The van der Waals surface area contributed by atoms with Gasteiger partial charge in [0.2, 0.25) is 0 Å². The summed E-state index contributed by atoms with van der Waals surface area (Å²) in [6.45, 7) is 1.56. The minimum atomic E-state index is 0.646. The van der Waals surface area contributed by atoms with E-state index in [2.05, 4.69) is 29.1 Å². The summed E-state index contributed by atoms with van der Waals surface area (Å²) < 4.78 is 0. The van der Waals surface area contributed by atoms with Gasteiger partial charge in [-0.15, -0.1) is 0 Å². The zero-order chi connectivity index (χ0) is 14.4. The van der Waals surface area contributed by atoms with Crippen LogP contribution in [-0.2, 0) is 12.8 Å². The summed E-state index contributed by atoms with van der Waals surface area (Å²) in [7, 11) is 2.06. The summed E-state index contributed by atoms with van der Waals surface area (Å²) in [5, 5.41) is 0.785. The van der Waals surface area contributed by atoms with E-state index in [-0.39, 0.29) is 0 Å². The Balaban J connectivity index is 2.00. The summed E-state index contributed by atoms with van der Waals surface area (Å²) in [6.07, 6.45) is 5.48. The summed E-state index contributed by atoms with van der Waals surface area (Å²) >= 11 is 6.35. The van der Waals surface area contributed by atoms with E-state index in [9.17, 15) is 0 Å². The molecule has 0 aliphatic rings. The van der Waals surface area contributed by atoms with E-state index in [0.29, 0.717) is 6.54 Å². The zero-order valence-electron chi connectivity index (χ0n) is 11.7. The Kier molecular flexibility index (Phi) is 5.39. The van der Waals surface area contributed by atoms with E-state index in [0.717, 1.165) is 30.1 Å². The Bertz CT molecular complexity index is 543. The lowest BCUT2D eigenvalue weighted by Gasteiger charge is -2.21. The van der Waals surface area contributed by atoms with E-state index in [1.807, 2.05) is 30.6 Å². The standard InChI is InChI=1S/C16H20ClN3/c1-20(11-7-13-5-9-19-10-6-13)16-3-2-14(4-8-18)12-15(16)17/h2-3,5-6,9-10,12H,4,7-8,11,18H2,1H3. The van der Waals surface area contributed by atoms with Crippen molar-refractivity contribution in [2.75, 3.05) is 25.0 Å². The highest BCUT2D eigenvalue weighted by molar-refractivity contribution is 6.33. The second-order valence-electron chi connectivity index (χ2n) is 4.85. The second-order valence-corrected chi connectivity index (χ2v) is 5.26. The van der Waals surface area contributed by atoms with E-state index in [1.165, 1.54) is 11.1 Å². The fraction of sp³-hybridized carbons (Fsp3) is 0.312. The lowest BCUT2D eigenvalue weighted by molar-refractivity contribution is 0.873. The molecule has 0 aliphatic carbocycles. The van der Waals surface area contributed by atoms with Crippen LogP contribution >= 0.6 is 11.6 Å². The first-order chi connectivity index (χ1) is 9.70. The molecule has 0 bridgehead atoms. The van der Waals surface area contributed by atoms with Crippen molar-refractivity contribution in [3.63, 3.8) is 0 Å². The first-order valence-electron chi connectivity index (χ1n) is 6.79. The SMILES string of the molecule is CN(CCc1ccncc1)c1ccc(CCN)cc1Cl. The third kappa shape index (κ3) is 3.95. The topological polar surface area (TPSA) is 42.2 Å². The largest absolute Gasteiger partial charge is 0.373 e. The average molecular weight is 290 g/mol. The van der Waals surface area contributed by atoms with Gasteiger partial charge in [-0.2, -0.15) is 0 Å². The van der Waals surface area contributed by atoms with Gasteiger partial charge in [-0.25, -0.2) is 0 Å². The zero-order valence-corrected chi connectivity index (χ0v) is 12.5. The number of benzene rings is 1. The Labute approximate surface area is 125 Å². The van der Waals surface area contributed by atoms with Crippen LogP contribution in [0.1, 0.15) is 11.1 Å². The van der Waals surface area contributed by atoms with Crippen molar-refractivity contribution in [3.8, 4) is 0 Å². The number of anilines is 1. The van der Waals surface area contributed by atoms with Crippen molar-refractivity contribution in [3.05, 3.63) is 58.9 Å². The molecule has 0 saturated heterocycles. The van der Waals surface area contributed by atoms with E-state index in [4.69, 9.17) is 17.3 Å². The van der Waals surface area contributed by atoms with Gasteiger partial charge >= 0.3 is 0 Å². The van der Waals surface area contributed by atoms with Gasteiger partial charge in [-0.1, -0.05) is 17.7 Å². The molecular formula is C16H20ClN3. The van der Waals surface area contributed by atoms with Gasteiger partial charge in [0, 0.05) is 26.0 Å². The van der Waals surface area contributed by atoms with E-state index < -0.39 is 0 Å². The molecule has 0 unspecified atom stereocenters. The number of hydrogen-bond donors (Lipinski definition) is 1.